The summed E-state index contributed by atoms with van der Waals surface area (Å²) in [7, 11) is -3.44. The van der Waals surface area contributed by atoms with Crippen LogP contribution in [0.25, 0.3) is 11.3 Å². The van der Waals surface area contributed by atoms with Crippen LogP contribution in [0.3, 0.4) is 0 Å². The maximum absolute atomic E-state index is 12.1. The minimum Gasteiger partial charge on any atom is -0.242 e. The van der Waals surface area contributed by atoms with Gasteiger partial charge in [-0.2, -0.15) is 0 Å². The van der Waals surface area contributed by atoms with Gasteiger partial charge in [0.05, 0.1) is 15.6 Å². The predicted molar refractivity (Wildman–Crippen MR) is 97.6 cm³/mol. The van der Waals surface area contributed by atoms with Gasteiger partial charge in [0, 0.05) is 17.5 Å². The van der Waals surface area contributed by atoms with Crippen LogP contribution in [0, 0.1) is 6.92 Å². The van der Waals surface area contributed by atoms with E-state index >= 15 is 0 Å². The van der Waals surface area contributed by atoms with E-state index in [0.717, 1.165) is 21.8 Å². The summed E-state index contributed by atoms with van der Waals surface area (Å²) in [5, 5.41) is 3.09. The molecule has 3 aromatic rings. The second-order valence-corrected chi connectivity index (χ2v) is 8.24. The second kappa shape index (κ2) is 7.25. The van der Waals surface area contributed by atoms with Gasteiger partial charge in [0.15, 0.2) is 0 Å². The van der Waals surface area contributed by atoms with E-state index in [4.69, 9.17) is 0 Å². The van der Waals surface area contributed by atoms with Crippen LogP contribution in [-0.2, 0) is 16.4 Å². The zero-order valence-corrected chi connectivity index (χ0v) is 14.9. The van der Waals surface area contributed by atoms with Crippen LogP contribution >= 0.6 is 11.3 Å². The molecule has 0 fully saturated rings. The van der Waals surface area contributed by atoms with Gasteiger partial charge in [-0.05, 0) is 31.0 Å². The third-order valence-electron chi connectivity index (χ3n) is 3.63. The van der Waals surface area contributed by atoms with Crippen molar-refractivity contribution in [1.82, 2.24) is 9.71 Å². The van der Waals surface area contributed by atoms with E-state index in [9.17, 15) is 8.42 Å². The molecule has 1 aromatic heterocycles. The van der Waals surface area contributed by atoms with Crippen molar-refractivity contribution in [3.63, 3.8) is 0 Å². The highest BCUT2D eigenvalue weighted by Gasteiger charge is 2.12. The quantitative estimate of drug-likeness (QED) is 0.732. The summed E-state index contributed by atoms with van der Waals surface area (Å²) >= 11 is 1.63. The summed E-state index contributed by atoms with van der Waals surface area (Å²) in [5.41, 5.74) is 3.14. The van der Waals surface area contributed by atoms with E-state index in [1.165, 1.54) is 0 Å². The van der Waals surface area contributed by atoms with Gasteiger partial charge in [-0.1, -0.05) is 42.5 Å². The number of thiazole rings is 1. The van der Waals surface area contributed by atoms with Crippen molar-refractivity contribution >= 4 is 21.4 Å². The number of nitrogens with one attached hydrogen (secondary N) is 1. The van der Waals surface area contributed by atoms with Crippen LogP contribution in [0.4, 0.5) is 0 Å². The van der Waals surface area contributed by atoms with E-state index in [1.54, 1.807) is 41.7 Å². The van der Waals surface area contributed by atoms with Gasteiger partial charge < -0.3 is 0 Å². The van der Waals surface area contributed by atoms with E-state index in [0.29, 0.717) is 17.9 Å². The first kappa shape index (κ1) is 16.8. The fraction of sp³-hybridized carbons (Fsp3) is 0.167. The van der Waals surface area contributed by atoms with Crippen molar-refractivity contribution in [2.75, 3.05) is 6.54 Å². The summed E-state index contributed by atoms with van der Waals surface area (Å²) in [5.74, 6) is 0. The van der Waals surface area contributed by atoms with Crippen LogP contribution in [-0.4, -0.2) is 19.9 Å². The lowest BCUT2D eigenvalue weighted by Crippen LogP contribution is -2.25. The van der Waals surface area contributed by atoms with Crippen LogP contribution < -0.4 is 4.72 Å². The number of benzene rings is 2. The molecule has 4 nitrogen and oxygen atoms in total. The summed E-state index contributed by atoms with van der Waals surface area (Å²) < 4.78 is 26.9. The van der Waals surface area contributed by atoms with Crippen molar-refractivity contribution < 1.29 is 8.42 Å². The fourth-order valence-corrected chi connectivity index (χ4v) is 4.03. The molecule has 0 aliphatic carbocycles. The Labute approximate surface area is 146 Å². The summed E-state index contributed by atoms with van der Waals surface area (Å²) in [6.45, 7) is 2.35. The highest BCUT2D eigenvalue weighted by molar-refractivity contribution is 7.89. The molecule has 0 spiro atoms. The number of aromatic nitrogens is 1. The number of aryl methyl sites for hydroxylation is 1. The Kier molecular flexibility index (Phi) is 5.08. The zero-order valence-electron chi connectivity index (χ0n) is 13.3. The second-order valence-electron chi connectivity index (χ2n) is 5.41. The Bertz CT molecular complexity index is 902. The topological polar surface area (TPSA) is 59.1 Å². The van der Waals surface area contributed by atoms with Gasteiger partial charge in [-0.3, -0.25) is 0 Å². The Hall–Kier alpha value is -2.02. The summed E-state index contributed by atoms with van der Waals surface area (Å²) in [4.78, 5) is 4.76. The van der Waals surface area contributed by atoms with Crippen molar-refractivity contribution in [3.8, 4) is 11.3 Å². The first-order chi connectivity index (χ1) is 11.5. The Morgan fingerprint density at radius 3 is 2.38 bits per heavy atom. The van der Waals surface area contributed by atoms with Gasteiger partial charge in [0.1, 0.15) is 0 Å². The smallest absolute Gasteiger partial charge is 0.240 e. The SMILES string of the molecule is Cc1nc(-c2ccc(CCNS(=O)(=O)c3ccccc3)cc2)cs1. The molecule has 0 radical (unpaired) electrons. The van der Waals surface area contributed by atoms with Crippen LogP contribution in [0.5, 0.6) is 0 Å². The maximum atomic E-state index is 12.1. The lowest BCUT2D eigenvalue weighted by molar-refractivity contribution is 0.581. The monoisotopic (exact) mass is 358 g/mol. The standard InChI is InChI=1S/C18H18N2O2S2/c1-14-20-18(13-23-14)16-9-7-15(8-10-16)11-12-19-24(21,22)17-5-3-2-4-6-17/h2-10,13,19H,11-12H2,1H3. The van der Waals surface area contributed by atoms with Crippen LogP contribution in [0.2, 0.25) is 0 Å². The lowest BCUT2D eigenvalue weighted by Gasteiger charge is -2.07. The molecule has 1 heterocycles. The minimum atomic E-state index is -3.44. The summed E-state index contributed by atoms with van der Waals surface area (Å²) in [6, 6.07) is 16.5. The Morgan fingerprint density at radius 2 is 1.75 bits per heavy atom. The molecule has 0 saturated carbocycles. The van der Waals surface area contributed by atoms with Gasteiger partial charge >= 0.3 is 0 Å². The first-order valence-electron chi connectivity index (χ1n) is 7.61. The molecule has 1 N–H and O–H groups in total. The third kappa shape index (κ3) is 4.08. The average molecular weight is 358 g/mol. The van der Waals surface area contributed by atoms with Gasteiger partial charge in [0.25, 0.3) is 0 Å². The Morgan fingerprint density at radius 1 is 1.04 bits per heavy atom. The molecule has 2 aromatic carbocycles. The van der Waals surface area contributed by atoms with Crippen molar-refractivity contribution in [1.29, 1.82) is 0 Å². The van der Waals surface area contributed by atoms with Gasteiger partial charge in [-0.15, -0.1) is 11.3 Å². The first-order valence-corrected chi connectivity index (χ1v) is 9.97. The highest BCUT2D eigenvalue weighted by atomic mass is 32.2. The number of nitrogens with zero attached hydrogens (tertiary/aromatic N) is 1. The minimum absolute atomic E-state index is 0.291. The molecule has 24 heavy (non-hydrogen) atoms. The molecule has 6 heteroatoms. The molecule has 0 saturated heterocycles. The molecule has 0 aliphatic heterocycles. The van der Waals surface area contributed by atoms with Crippen molar-refractivity contribution in [2.24, 2.45) is 0 Å². The molecular formula is C18H18N2O2S2. The maximum Gasteiger partial charge on any atom is 0.240 e. The number of hydrogen-bond donors (Lipinski definition) is 1. The molecule has 0 unspecified atom stereocenters. The van der Waals surface area contributed by atoms with Gasteiger partial charge in [-0.25, -0.2) is 18.1 Å². The van der Waals surface area contributed by atoms with Crippen LogP contribution in [0.15, 0.2) is 64.9 Å². The zero-order chi connectivity index (χ0) is 17.0. The van der Waals surface area contributed by atoms with Crippen molar-refractivity contribution in [3.05, 3.63) is 70.5 Å². The fourth-order valence-electron chi connectivity index (χ4n) is 2.35. The van der Waals surface area contributed by atoms with E-state index in [-0.39, 0.29) is 0 Å². The van der Waals surface area contributed by atoms with Crippen molar-refractivity contribution in [2.45, 2.75) is 18.2 Å². The molecule has 3 rings (SSSR count). The molecule has 0 aliphatic rings. The highest BCUT2D eigenvalue weighted by Crippen LogP contribution is 2.21. The third-order valence-corrected chi connectivity index (χ3v) is 5.88. The molecule has 0 amide bonds. The molecule has 124 valence electrons. The van der Waals surface area contributed by atoms with E-state index in [1.807, 2.05) is 36.6 Å². The molecule has 0 bridgehead atoms. The Balaban J connectivity index is 1.59. The summed E-state index contributed by atoms with van der Waals surface area (Å²) in [6.07, 6.45) is 0.641. The number of sulfonamides is 1. The van der Waals surface area contributed by atoms with E-state index in [2.05, 4.69) is 9.71 Å². The molecule has 0 atom stereocenters. The average Bonchev–Trinajstić information content (AvgIpc) is 3.03. The van der Waals surface area contributed by atoms with E-state index < -0.39 is 10.0 Å². The normalized spacial score (nSPS) is 11.5. The number of hydrogen-bond acceptors (Lipinski definition) is 4. The predicted octanol–water partition coefficient (Wildman–Crippen LogP) is 3.64. The number of rotatable bonds is 6. The largest absolute Gasteiger partial charge is 0.242 e. The lowest BCUT2D eigenvalue weighted by atomic mass is 10.1. The van der Waals surface area contributed by atoms with Crippen LogP contribution in [0.1, 0.15) is 10.6 Å². The molecular weight excluding hydrogens is 340 g/mol. The van der Waals surface area contributed by atoms with Gasteiger partial charge in [0.2, 0.25) is 10.0 Å².